The van der Waals surface area contributed by atoms with Gasteiger partial charge in [-0.2, -0.15) is 0 Å². The van der Waals surface area contributed by atoms with Crippen molar-refractivity contribution in [2.45, 2.75) is 57.8 Å². The van der Waals surface area contributed by atoms with Gasteiger partial charge in [-0.05, 0) is 24.0 Å². The number of rotatable bonds is 8. The number of ether oxygens (including phenoxy) is 2. The minimum atomic E-state index is 0.449. The number of methoxy groups -OCH3 is 1. The molecule has 140 valence electrons. The van der Waals surface area contributed by atoms with Crippen molar-refractivity contribution in [2.24, 2.45) is 4.99 Å². The predicted molar refractivity (Wildman–Crippen MR) is 103 cm³/mol. The molecule has 1 aromatic carbocycles. The summed E-state index contributed by atoms with van der Waals surface area (Å²) >= 11 is 0. The summed E-state index contributed by atoms with van der Waals surface area (Å²) in [4.78, 5) is 4.27. The molecule has 1 aromatic rings. The number of nitrogens with one attached hydrogen (secondary N) is 2. The van der Waals surface area contributed by atoms with Crippen LogP contribution in [0.15, 0.2) is 29.3 Å². The molecule has 25 heavy (non-hydrogen) atoms. The molecule has 0 bridgehead atoms. The van der Waals surface area contributed by atoms with Gasteiger partial charge >= 0.3 is 0 Å². The van der Waals surface area contributed by atoms with Gasteiger partial charge < -0.3 is 20.1 Å². The van der Waals surface area contributed by atoms with Gasteiger partial charge in [0.2, 0.25) is 0 Å². The molecular formula is C20H33N3O2. The van der Waals surface area contributed by atoms with Gasteiger partial charge in [0.1, 0.15) is 0 Å². The van der Waals surface area contributed by atoms with Crippen LogP contribution in [0.4, 0.5) is 0 Å². The zero-order chi connectivity index (χ0) is 17.7. The second kappa shape index (κ2) is 11.9. The van der Waals surface area contributed by atoms with E-state index in [1.807, 2.05) is 0 Å². The number of guanidine groups is 1. The Bertz CT molecular complexity index is 494. The standard InChI is InChI=1S/C20H33N3O2/c1-21-20(22-13-14-25-19-7-5-3-4-6-8-19)23-15-17-9-11-18(12-10-17)16-24-2/h9-12,19H,3-8,13-16H2,1-2H3,(H2,21,22,23). The van der Waals surface area contributed by atoms with E-state index in [-0.39, 0.29) is 0 Å². The summed E-state index contributed by atoms with van der Waals surface area (Å²) in [5.74, 6) is 0.811. The summed E-state index contributed by atoms with van der Waals surface area (Å²) in [5.41, 5.74) is 2.40. The Morgan fingerprint density at radius 3 is 2.36 bits per heavy atom. The van der Waals surface area contributed by atoms with E-state index in [9.17, 15) is 0 Å². The average molecular weight is 348 g/mol. The van der Waals surface area contributed by atoms with Gasteiger partial charge in [0.05, 0.1) is 19.3 Å². The number of hydrogen-bond donors (Lipinski definition) is 2. The maximum Gasteiger partial charge on any atom is 0.191 e. The topological polar surface area (TPSA) is 54.9 Å². The summed E-state index contributed by atoms with van der Waals surface area (Å²) in [7, 11) is 3.51. The predicted octanol–water partition coefficient (Wildman–Crippen LogP) is 3.24. The number of aliphatic imine (C=N–C) groups is 1. The van der Waals surface area contributed by atoms with Gasteiger partial charge in [-0.25, -0.2) is 0 Å². The lowest BCUT2D eigenvalue weighted by atomic mass is 10.1. The van der Waals surface area contributed by atoms with Crippen molar-refractivity contribution in [3.05, 3.63) is 35.4 Å². The lowest BCUT2D eigenvalue weighted by Gasteiger charge is -2.17. The van der Waals surface area contributed by atoms with Crippen molar-refractivity contribution in [3.63, 3.8) is 0 Å². The molecule has 2 rings (SSSR count). The third-order valence-electron chi connectivity index (χ3n) is 4.57. The van der Waals surface area contributed by atoms with Crippen LogP contribution < -0.4 is 10.6 Å². The van der Waals surface area contributed by atoms with Crippen LogP contribution in [-0.4, -0.2) is 39.4 Å². The van der Waals surface area contributed by atoms with Gasteiger partial charge in [0.25, 0.3) is 0 Å². The number of nitrogens with zero attached hydrogens (tertiary/aromatic N) is 1. The van der Waals surface area contributed by atoms with E-state index in [4.69, 9.17) is 9.47 Å². The molecule has 0 unspecified atom stereocenters. The van der Waals surface area contributed by atoms with Crippen LogP contribution >= 0.6 is 0 Å². The van der Waals surface area contributed by atoms with Crippen molar-refractivity contribution < 1.29 is 9.47 Å². The molecular weight excluding hydrogens is 314 g/mol. The molecule has 0 atom stereocenters. The summed E-state index contributed by atoms with van der Waals surface area (Å²) < 4.78 is 11.1. The molecule has 0 spiro atoms. The molecule has 0 aliphatic heterocycles. The number of benzene rings is 1. The van der Waals surface area contributed by atoms with Crippen LogP contribution in [0.25, 0.3) is 0 Å². The Morgan fingerprint density at radius 2 is 1.72 bits per heavy atom. The average Bonchev–Trinajstić information content (AvgIpc) is 2.91. The zero-order valence-electron chi connectivity index (χ0n) is 15.7. The molecule has 0 amide bonds. The number of hydrogen-bond acceptors (Lipinski definition) is 3. The summed E-state index contributed by atoms with van der Waals surface area (Å²) in [5, 5.41) is 6.66. The molecule has 5 heteroatoms. The molecule has 1 aliphatic carbocycles. The first kappa shape index (κ1) is 19.7. The van der Waals surface area contributed by atoms with Crippen LogP contribution in [0.3, 0.4) is 0 Å². The highest BCUT2D eigenvalue weighted by atomic mass is 16.5. The molecule has 1 saturated carbocycles. The van der Waals surface area contributed by atoms with Crippen molar-refractivity contribution in [3.8, 4) is 0 Å². The van der Waals surface area contributed by atoms with Gasteiger partial charge in [0.15, 0.2) is 5.96 Å². The summed E-state index contributed by atoms with van der Waals surface area (Å²) in [6.07, 6.45) is 8.22. The molecule has 1 fully saturated rings. The molecule has 0 heterocycles. The van der Waals surface area contributed by atoms with E-state index >= 15 is 0 Å². The third-order valence-corrected chi connectivity index (χ3v) is 4.57. The van der Waals surface area contributed by atoms with Gasteiger partial charge in [-0.3, -0.25) is 4.99 Å². The van der Waals surface area contributed by atoms with E-state index in [1.165, 1.54) is 49.7 Å². The minimum Gasteiger partial charge on any atom is -0.380 e. The molecule has 1 aliphatic rings. The van der Waals surface area contributed by atoms with Gasteiger partial charge in [-0.15, -0.1) is 0 Å². The van der Waals surface area contributed by atoms with Gasteiger partial charge in [0, 0.05) is 27.2 Å². The largest absolute Gasteiger partial charge is 0.380 e. The van der Waals surface area contributed by atoms with Gasteiger partial charge in [-0.1, -0.05) is 49.9 Å². The normalized spacial score (nSPS) is 16.5. The highest BCUT2D eigenvalue weighted by molar-refractivity contribution is 5.79. The Hall–Kier alpha value is -1.59. The van der Waals surface area contributed by atoms with E-state index in [0.29, 0.717) is 12.7 Å². The van der Waals surface area contributed by atoms with Crippen molar-refractivity contribution in [2.75, 3.05) is 27.3 Å². The fourth-order valence-electron chi connectivity index (χ4n) is 3.13. The van der Waals surface area contributed by atoms with Crippen LogP contribution in [0, 0.1) is 0 Å². The first-order valence-electron chi connectivity index (χ1n) is 9.44. The Labute approximate surface area is 152 Å². The summed E-state index contributed by atoms with van der Waals surface area (Å²) in [6.45, 7) is 2.91. The van der Waals surface area contributed by atoms with E-state index in [0.717, 1.165) is 25.7 Å². The van der Waals surface area contributed by atoms with E-state index in [2.05, 4.69) is 39.9 Å². The fourth-order valence-corrected chi connectivity index (χ4v) is 3.13. The maximum absolute atomic E-state index is 6.00. The second-order valence-electron chi connectivity index (χ2n) is 6.59. The smallest absolute Gasteiger partial charge is 0.191 e. The quantitative estimate of drug-likeness (QED) is 0.328. The highest BCUT2D eigenvalue weighted by Gasteiger charge is 2.12. The zero-order valence-corrected chi connectivity index (χ0v) is 15.7. The van der Waals surface area contributed by atoms with Crippen LogP contribution in [0.5, 0.6) is 0 Å². The lowest BCUT2D eigenvalue weighted by Crippen LogP contribution is -2.38. The van der Waals surface area contributed by atoms with Crippen LogP contribution in [0.2, 0.25) is 0 Å². The Balaban J connectivity index is 1.63. The summed E-state index contributed by atoms with van der Waals surface area (Å²) in [6, 6.07) is 8.42. The molecule has 0 radical (unpaired) electrons. The molecule has 0 aromatic heterocycles. The third kappa shape index (κ3) is 7.88. The highest BCUT2D eigenvalue weighted by Crippen LogP contribution is 2.19. The lowest BCUT2D eigenvalue weighted by molar-refractivity contribution is 0.0468. The second-order valence-corrected chi connectivity index (χ2v) is 6.59. The molecule has 0 saturated heterocycles. The fraction of sp³-hybridized carbons (Fsp3) is 0.650. The Morgan fingerprint density at radius 1 is 1.04 bits per heavy atom. The Kier molecular flexibility index (Phi) is 9.37. The van der Waals surface area contributed by atoms with Crippen LogP contribution in [-0.2, 0) is 22.6 Å². The van der Waals surface area contributed by atoms with Crippen molar-refractivity contribution in [1.82, 2.24) is 10.6 Å². The van der Waals surface area contributed by atoms with E-state index < -0.39 is 0 Å². The first-order valence-corrected chi connectivity index (χ1v) is 9.44. The maximum atomic E-state index is 6.00. The minimum absolute atomic E-state index is 0.449. The van der Waals surface area contributed by atoms with Crippen molar-refractivity contribution >= 4 is 5.96 Å². The molecule has 5 nitrogen and oxygen atoms in total. The monoisotopic (exact) mass is 347 g/mol. The molecule has 2 N–H and O–H groups in total. The van der Waals surface area contributed by atoms with Crippen molar-refractivity contribution in [1.29, 1.82) is 0 Å². The van der Waals surface area contributed by atoms with E-state index in [1.54, 1.807) is 14.2 Å². The van der Waals surface area contributed by atoms with Crippen LogP contribution in [0.1, 0.15) is 49.7 Å². The first-order chi connectivity index (χ1) is 12.3. The SMILES string of the molecule is CN=C(NCCOC1CCCCCC1)NCc1ccc(COC)cc1.